The van der Waals surface area contributed by atoms with Crippen LogP contribution in [0.25, 0.3) is 11.3 Å². The van der Waals surface area contributed by atoms with E-state index in [4.69, 9.17) is 15.2 Å². The van der Waals surface area contributed by atoms with Crippen LogP contribution in [0.3, 0.4) is 0 Å². The number of nitrogens with zero attached hydrogens (tertiary/aromatic N) is 2. The van der Waals surface area contributed by atoms with E-state index in [0.29, 0.717) is 18.1 Å². The maximum absolute atomic E-state index is 5.96. The molecule has 1 aromatic heterocycles. The first-order valence-electron chi connectivity index (χ1n) is 8.97. The lowest BCUT2D eigenvalue weighted by Gasteiger charge is -2.13. The summed E-state index contributed by atoms with van der Waals surface area (Å²) in [4.78, 5) is 8.69. The number of rotatable bonds is 7. The molecule has 0 aliphatic heterocycles. The van der Waals surface area contributed by atoms with Crippen LogP contribution in [-0.4, -0.2) is 23.7 Å². The third kappa shape index (κ3) is 4.79. The van der Waals surface area contributed by atoms with Gasteiger partial charge in [0, 0.05) is 28.9 Å². The Morgan fingerprint density at radius 1 is 1.11 bits per heavy atom. The molecule has 1 heterocycles. The topological polar surface area (TPSA) is 82.3 Å². The summed E-state index contributed by atoms with van der Waals surface area (Å²) in [6, 6.07) is 15.6. The second-order valence-corrected chi connectivity index (χ2v) is 7.11. The van der Waals surface area contributed by atoms with E-state index >= 15 is 0 Å². The normalized spacial score (nSPS) is 11.9. The molecule has 0 saturated heterocycles. The first-order valence-corrected chi connectivity index (χ1v) is 9.76. The second kappa shape index (κ2) is 9.03. The van der Waals surface area contributed by atoms with Crippen LogP contribution in [0, 0.1) is 0 Å². The van der Waals surface area contributed by atoms with E-state index in [2.05, 4.69) is 31.2 Å². The van der Waals surface area contributed by atoms with Gasteiger partial charge in [-0.25, -0.2) is 4.98 Å². The third-order valence-corrected chi connectivity index (χ3v) is 4.76. The van der Waals surface area contributed by atoms with E-state index in [0.717, 1.165) is 27.0 Å². The van der Waals surface area contributed by atoms with Crippen molar-refractivity contribution in [1.29, 1.82) is 0 Å². The minimum absolute atomic E-state index is 0.0452. The van der Waals surface area contributed by atoms with E-state index in [1.807, 2.05) is 62.4 Å². The summed E-state index contributed by atoms with van der Waals surface area (Å²) in [6.07, 6.45) is 0.0452. The molecule has 0 aliphatic rings. The highest BCUT2D eigenvalue weighted by atomic mass is 79.9. The lowest BCUT2D eigenvalue weighted by Crippen LogP contribution is -2.03. The standard InChI is InChI=1S/C21H23BrN4O2/c1-4-28-19-10-7-15(22)11-17(19)18-12-20(26-21(23)25-18)24-16-8-5-14(6-9-16)13(2)27-3/h5-13H,4H2,1-3H3,(H3,23,24,25,26)/t13-/m1/s1. The van der Waals surface area contributed by atoms with Gasteiger partial charge < -0.3 is 20.5 Å². The van der Waals surface area contributed by atoms with Gasteiger partial charge in [0.05, 0.1) is 18.4 Å². The van der Waals surface area contributed by atoms with E-state index in [-0.39, 0.29) is 12.1 Å². The van der Waals surface area contributed by atoms with Crippen LogP contribution in [0.15, 0.2) is 53.0 Å². The number of anilines is 3. The van der Waals surface area contributed by atoms with Crippen LogP contribution >= 0.6 is 15.9 Å². The molecule has 2 aromatic carbocycles. The molecule has 0 bridgehead atoms. The van der Waals surface area contributed by atoms with Gasteiger partial charge in [0.25, 0.3) is 0 Å². The Labute approximate surface area is 173 Å². The summed E-state index contributed by atoms with van der Waals surface area (Å²) in [5.74, 6) is 1.54. The Morgan fingerprint density at radius 3 is 2.54 bits per heavy atom. The van der Waals surface area contributed by atoms with Gasteiger partial charge in [-0.05, 0) is 49.7 Å². The molecule has 0 radical (unpaired) electrons. The summed E-state index contributed by atoms with van der Waals surface area (Å²) in [5.41, 5.74) is 9.49. The summed E-state index contributed by atoms with van der Waals surface area (Å²) >= 11 is 3.50. The number of aromatic nitrogens is 2. The van der Waals surface area contributed by atoms with Crippen molar-refractivity contribution in [2.45, 2.75) is 20.0 Å². The molecular weight excluding hydrogens is 420 g/mol. The van der Waals surface area contributed by atoms with Gasteiger partial charge in [0.1, 0.15) is 11.6 Å². The largest absolute Gasteiger partial charge is 0.493 e. The zero-order valence-corrected chi connectivity index (χ0v) is 17.7. The van der Waals surface area contributed by atoms with Gasteiger partial charge in [-0.1, -0.05) is 28.1 Å². The molecule has 3 N–H and O–H groups in total. The predicted octanol–water partition coefficient (Wildman–Crippen LogP) is 5.34. The molecule has 6 nitrogen and oxygen atoms in total. The smallest absolute Gasteiger partial charge is 0.222 e. The van der Waals surface area contributed by atoms with Crippen LogP contribution in [0.1, 0.15) is 25.5 Å². The first kappa shape index (κ1) is 20.1. The van der Waals surface area contributed by atoms with Crippen molar-refractivity contribution in [2.24, 2.45) is 0 Å². The molecular formula is C21H23BrN4O2. The van der Waals surface area contributed by atoms with Crippen molar-refractivity contribution in [3.05, 3.63) is 58.6 Å². The number of hydrogen-bond donors (Lipinski definition) is 2. The molecule has 28 heavy (non-hydrogen) atoms. The van der Waals surface area contributed by atoms with Crippen molar-refractivity contribution >= 4 is 33.4 Å². The fourth-order valence-electron chi connectivity index (χ4n) is 2.77. The highest BCUT2D eigenvalue weighted by Crippen LogP contribution is 2.33. The highest BCUT2D eigenvalue weighted by molar-refractivity contribution is 9.10. The monoisotopic (exact) mass is 442 g/mol. The quantitative estimate of drug-likeness (QED) is 0.513. The van der Waals surface area contributed by atoms with E-state index in [9.17, 15) is 0 Å². The van der Waals surface area contributed by atoms with Crippen molar-refractivity contribution in [3.63, 3.8) is 0 Å². The summed E-state index contributed by atoms with van der Waals surface area (Å²) in [7, 11) is 1.69. The number of methoxy groups -OCH3 is 1. The number of hydrogen-bond acceptors (Lipinski definition) is 6. The maximum atomic E-state index is 5.96. The molecule has 3 rings (SSSR count). The number of benzene rings is 2. The van der Waals surface area contributed by atoms with Crippen LogP contribution < -0.4 is 15.8 Å². The Hall–Kier alpha value is -2.64. The molecule has 7 heteroatoms. The van der Waals surface area contributed by atoms with E-state index in [1.165, 1.54) is 0 Å². The van der Waals surface area contributed by atoms with Crippen LogP contribution in [0.2, 0.25) is 0 Å². The van der Waals surface area contributed by atoms with E-state index < -0.39 is 0 Å². The third-order valence-electron chi connectivity index (χ3n) is 4.27. The van der Waals surface area contributed by atoms with Gasteiger partial charge in [0.2, 0.25) is 5.95 Å². The molecule has 146 valence electrons. The Kier molecular flexibility index (Phi) is 6.49. The minimum Gasteiger partial charge on any atom is -0.493 e. The molecule has 0 spiro atoms. The van der Waals surface area contributed by atoms with Crippen molar-refractivity contribution in [2.75, 3.05) is 24.8 Å². The van der Waals surface area contributed by atoms with Crippen LogP contribution in [0.5, 0.6) is 5.75 Å². The van der Waals surface area contributed by atoms with Crippen molar-refractivity contribution < 1.29 is 9.47 Å². The molecule has 3 aromatic rings. The zero-order chi connectivity index (χ0) is 20.1. The number of nitrogen functional groups attached to an aromatic ring is 1. The molecule has 1 atom stereocenters. The molecule has 0 fully saturated rings. The fraction of sp³-hybridized carbons (Fsp3) is 0.238. The van der Waals surface area contributed by atoms with Crippen molar-refractivity contribution in [3.8, 4) is 17.0 Å². The van der Waals surface area contributed by atoms with Crippen LogP contribution in [0.4, 0.5) is 17.5 Å². The lowest BCUT2D eigenvalue weighted by atomic mass is 10.1. The minimum atomic E-state index is 0.0452. The van der Waals surface area contributed by atoms with E-state index in [1.54, 1.807) is 7.11 Å². The van der Waals surface area contributed by atoms with Gasteiger partial charge in [-0.3, -0.25) is 0 Å². The summed E-state index contributed by atoms with van der Waals surface area (Å²) in [6.45, 7) is 4.52. The number of halogens is 1. The summed E-state index contributed by atoms with van der Waals surface area (Å²) in [5, 5.41) is 3.28. The molecule has 0 unspecified atom stereocenters. The number of ether oxygens (including phenoxy) is 2. The zero-order valence-electron chi connectivity index (χ0n) is 16.1. The number of nitrogens with one attached hydrogen (secondary N) is 1. The fourth-order valence-corrected chi connectivity index (χ4v) is 3.13. The lowest BCUT2D eigenvalue weighted by molar-refractivity contribution is 0.119. The van der Waals surface area contributed by atoms with Gasteiger partial charge in [-0.2, -0.15) is 4.98 Å². The SMILES string of the molecule is CCOc1ccc(Br)cc1-c1cc(Nc2ccc([C@@H](C)OC)cc2)nc(N)n1. The molecule has 0 saturated carbocycles. The van der Waals surface area contributed by atoms with Gasteiger partial charge in [-0.15, -0.1) is 0 Å². The van der Waals surface area contributed by atoms with Crippen molar-refractivity contribution in [1.82, 2.24) is 9.97 Å². The summed E-state index contributed by atoms with van der Waals surface area (Å²) < 4.78 is 12.0. The Morgan fingerprint density at radius 2 is 1.86 bits per heavy atom. The highest BCUT2D eigenvalue weighted by Gasteiger charge is 2.12. The molecule has 0 amide bonds. The van der Waals surface area contributed by atoms with Gasteiger partial charge in [0.15, 0.2) is 0 Å². The molecule has 0 aliphatic carbocycles. The first-order chi connectivity index (χ1) is 13.5. The van der Waals surface area contributed by atoms with Gasteiger partial charge >= 0.3 is 0 Å². The Bertz CT molecular complexity index is 948. The average molecular weight is 443 g/mol. The second-order valence-electron chi connectivity index (χ2n) is 6.20. The average Bonchev–Trinajstić information content (AvgIpc) is 2.69. The Balaban J connectivity index is 1.91. The van der Waals surface area contributed by atoms with Crippen LogP contribution in [-0.2, 0) is 4.74 Å². The number of nitrogens with two attached hydrogens (primary N) is 1. The maximum Gasteiger partial charge on any atom is 0.222 e. The predicted molar refractivity (Wildman–Crippen MR) is 116 cm³/mol.